The second-order valence-electron chi connectivity index (χ2n) is 14.0. The number of rotatable bonds is 5. The molecule has 2 heterocycles. The SMILES string of the molecule is c1ccc(-c2ccc(-c3ccc4oc5ccccc5c4c3-c3nc(-c4ccc5ccccc5c4)nc(-c4ccc5ccc6ccccc6c5c4)n3)cc2)cc1. The van der Waals surface area contributed by atoms with E-state index in [-0.39, 0.29) is 0 Å². The molecule has 0 saturated carbocycles. The summed E-state index contributed by atoms with van der Waals surface area (Å²) in [5.74, 6) is 1.81. The molecule has 0 fully saturated rings. The van der Waals surface area contributed by atoms with Gasteiger partial charge in [-0.1, -0.05) is 158 Å². The van der Waals surface area contributed by atoms with Crippen molar-refractivity contribution in [1.82, 2.24) is 15.0 Å². The lowest BCUT2D eigenvalue weighted by atomic mass is 9.93. The van der Waals surface area contributed by atoms with Crippen LogP contribution >= 0.6 is 0 Å². The molecule has 0 aliphatic carbocycles. The topological polar surface area (TPSA) is 51.8 Å². The first kappa shape index (κ1) is 31.1. The quantitative estimate of drug-likeness (QED) is 0.168. The summed E-state index contributed by atoms with van der Waals surface area (Å²) in [7, 11) is 0. The molecule has 0 atom stereocenters. The smallest absolute Gasteiger partial charge is 0.165 e. The zero-order valence-corrected chi connectivity index (χ0v) is 29.6. The van der Waals surface area contributed by atoms with Gasteiger partial charge in [0.2, 0.25) is 0 Å². The number of aromatic nitrogens is 3. The highest BCUT2D eigenvalue weighted by molar-refractivity contribution is 6.15. The Hall–Kier alpha value is -7.43. The maximum Gasteiger partial charge on any atom is 0.165 e. The highest BCUT2D eigenvalue weighted by Crippen LogP contribution is 2.43. The summed E-state index contributed by atoms with van der Waals surface area (Å²) in [4.78, 5) is 15.9. The van der Waals surface area contributed by atoms with Crippen LogP contribution in [0.3, 0.4) is 0 Å². The molecule has 2 aromatic heterocycles. The molecule has 11 aromatic rings. The van der Waals surface area contributed by atoms with Crippen molar-refractivity contribution in [3.8, 4) is 56.4 Å². The number of benzene rings is 9. The van der Waals surface area contributed by atoms with Gasteiger partial charge >= 0.3 is 0 Å². The largest absolute Gasteiger partial charge is 0.456 e. The van der Waals surface area contributed by atoms with Gasteiger partial charge in [-0.2, -0.15) is 0 Å². The molecule has 4 heteroatoms. The van der Waals surface area contributed by atoms with Crippen molar-refractivity contribution in [2.75, 3.05) is 0 Å². The van der Waals surface area contributed by atoms with E-state index < -0.39 is 0 Å². The number of furan rings is 1. The molecule has 0 bridgehead atoms. The lowest BCUT2D eigenvalue weighted by molar-refractivity contribution is 0.669. The maximum atomic E-state index is 6.48. The van der Waals surface area contributed by atoms with Gasteiger partial charge in [-0.25, -0.2) is 15.0 Å². The summed E-state index contributed by atoms with van der Waals surface area (Å²) in [6, 6.07) is 65.8. The van der Waals surface area contributed by atoms with Gasteiger partial charge in [0.05, 0.1) is 0 Å². The third-order valence-electron chi connectivity index (χ3n) is 10.7. The van der Waals surface area contributed by atoms with Gasteiger partial charge in [0.15, 0.2) is 17.5 Å². The van der Waals surface area contributed by atoms with Crippen LogP contribution in [0.15, 0.2) is 192 Å². The van der Waals surface area contributed by atoms with Crippen LogP contribution in [-0.4, -0.2) is 15.0 Å². The Morgan fingerprint density at radius 1 is 0.309 bits per heavy atom. The van der Waals surface area contributed by atoms with Crippen molar-refractivity contribution in [3.05, 3.63) is 188 Å². The van der Waals surface area contributed by atoms with Crippen molar-refractivity contribution in [2.45, 2.75) is 0 Å². The van der Waals surface area contributed by atoms with Crippen LogP contribution in [0.1, 0.15) is 0 Å². The van der Waals surface area contributed by atoms with Crippen LogP contribution in [0.25, 0.3) is 111 Å². The molecule has 256 valence electrons. The van der Waals surface area contributed by atoms with Gasteiger partial charge in [0, 0.05) is 27.5 Å². The minimum atomic E-state index is 0.588. The lowest BCUT2D eigenvalue weighted by Crippen LogP contribution is -2.01. The first-order valence-electron chi connectivity index (χ1n) is 18.5. The Morgan fingerprint density at radius 2 is 0.855 bits per heavy atom. The summed E-state index contributed by atoms with van der Waals surface area (Å²) >= 11 is 0. The zero-order chi connectivity index (χ0) is 36.3. The number of para-hydroxylation sites is 1. The monoisotopic (exact) mass is 701 g/mol. The van der Waals surface area contributed by atoms with Crippen LogP contribution in [0, 0.1) is 0 Å². The summed E-state index contributed by atoms with van der Waals surface area (Å²) < 4.78 is 6.48. The summed E-state index contributed by atoms with van der Waals surface area (Å²) in [5.41, 5.74) is 8.78. The predicted octanol–water partition coefficient (Wildman–Crippen LogP) is 13.6. The van der Waals surface area contributed by atoms with E-state index in [1.807, 2.05) is 18.2 Å². The Balaban J connectivity index is 1.19. The molecule has 9 aromatic carbocycles. The van der Waals surface area contributed by atoms with E-state index in [9.17, 15) is 0 Å². The van der Waals surface area contributed by atoms with Crippen molar-refractivity contribution in [1.29, 1.82) is 0 Å². The van der Waals surface area contributed by atoms with Gasteiger partial charge < -0.3 is 4.42 Å². The standard InChI is InChI=1S/C51H31N3O/c1-2-10-32(11-3-1)34-18-21-36(22-19-34)42-28-29-46-47(43-16-8-9-17-45(43)55-46)48(42)51-53-49(39-26-20-33-12-4-5-14-38(33)30-39)52-50(54-51)40-27-25-37-24-23-35-13-6-7-15-41(35)44(37)31-40/h1-31H. The van der Waals surface area contributed by atoms with E-state index in [2.05, 4.69) is 170 Å². The number of hydrogen-bond donors (Lipinski definition) is 0. The normalized spacial score (nSPS) is 11.6. The van der Waals surface area contributed by atoms with Crippen molar-refractivity contribution >= 4 is 54.3 Å². The molecule has 11 rings (SSSR count). The summed E-state index contributed by atoms with van der Waals surface area (Å²) in [6.07, 6.45) is 0. The summed E-state index contributed by atoms with van der Waals surface area (Å²) in [6.45, 7) is 0. The van der Waals surface area contributed by atoms with E-state index in [1.165, 1.54) is 21.7 Å². The second-order valence-corrected chi connectivity index (χ2v) is 14.0. The highest BCUT2D eigenvalue weighted by atomic mass is 16.3. The molecule has 4 nitrogen and oxygen atoms in total. The number of fused-ring (bicyclic) bond motifs is 7. The fourth-order valence-electron chi connectivity index (χ4n) is 7.98. The van der Waals surface area contributed by atoms with Gasteiger partial charge in [-0.05, 0) is 84.9 Å². The second kappa shape index (κ2) is 12.6. The predicted molar refractivity (Wildman–Crippen MR) is 227 cm³/mol. The summed E-state index contributed by atoms with van der Waals surface area (Å²) in [5, 5.41) is 9.01. The van der Waals surface area contributed by atoms with Crippen LogP contribution < -0.4 is 0 Å². The van der Waals surface area contributed by atoms with Gasteiger partial charge in [-0.3, -0.25) is 0 Å². The fourth-order valence-corrected chi connectivity index (χ4v) is 7.98. The highest BCUT2D eigenvalue weighted by Gasteiger charge is 2.22. The van der Waals surface area contributed by atoms with Crippen molar-refractivity contribution in [3.63, 3.8) is 0 Å². The van der Waals surface area contributed by atoms with Crippen molar-refractivity contribution in [2.24, 2.45) is 0 Å². The molecule has 0 amide bonds. The zero-order valence-electron chi connectivity index (χ0n) is 29.6. The number of hydrogen-bond acceptors (Lipinski definition) is 4. The average molecular weight is 702 g/mol. The minimum Gasteiger partial charge on any atom is -0.456 e. The van der Waals surface area contributed by atoms with Gasteiger partial charge in [0.1, 0.15) is 11.2 Å². The molecule has 0 radical (unpaired) electrons. The Kier molecular flexibility index (Phi) is 7.14. The molecule has 0 aliphatic rings. The first-order chi connectivity index (χ1) is 27.2. The van der Waals surface area contributed by atoms with Crippen molar-refractivity contribution < 1.29 is 4.42 Å². The first-order valence-corrected chi connectivity index (χ1v) is 18.5. The average Bonchev–Trinajstić information content (AvgIpc) is 3.65. The molecule has 0 saturated heterocycles. The Bertz CT molecular complexity index is 3260. The molecule has 0 unspecified atom stereocenters. The van der Waals surface area contributed by atoms with E-state index >= 15 is 0 Å². The van der Waals surface area contributed by atoms with Crippen LogP contribution in [0.5, 0.6) is 0 Å². The molecule has 0 N–H and O–H groups in total. The third-order valence-corrected chi connectivity index (χ3v) is 10.7. The van der Waals surface area contributed by atoms with Gasteiger partial charge in [0.25, 0.3) is 0 Å². The lowest BCUT2D eigenvalue weighted by Gasteiger charge is -2.14. The fraction of sp³-hybridized carbons (Fsp3) is 0. The maximum absolute atomic E-state index is 6.48. The van der Waals surface area contributed by atoms with E-state index in [4.69, 9.17) is 19.4 Å². The Labute approximate surface area is 317 Å². The van der Waals surface area contributed by atoms with E-state index in [0.29, 0.717) is 17.5 Å². The third kappa shape index (κ3) is 5.34. The molecule has 0 spiro atoms. The van der Waals surface area contributed by atoms with Crippen LogP contribution in [0.4, 0.5) is 0 Å². The Morgan fingerprint density at radius 3 is 1.65 bits per heavy atom. The van der Waals surface area contributed by atoms with E-state index in [0.717, 1.165) is 71.5 Å². The molecular formula is C51H31N3O. The minimum absolute atomic E-state index is 0.588. The molecular weight excluding hydrogens is 671 g/mol. The van der Waals surface area contributed by atoms with Crippen LogP contribution in [0.2, 0.25) is 0 Å². The van der Waals surface area contributed by atoms with Crippen LogP contribution in [-0.2, 0) is 0 Å². The van der Waals surface area contributed by atoms with Gasteiger partial charge in [-0.15, -0.1) is 0 Å². The van der Waals surface area contributed by atoms with E-state index in [1.54, 1.807) is 0 Å². The number of nitrogens with zero attached hydrogens (tertiary/aromatic N) is 3. The molecule has 0 aliphatic heterocycles. The molecule has 55 heavy (non-hydrogen) atoms.